The van der Waals surface area contributed by atoms with Gasteiger partial charge in [-0.1, -0.05) is 38.1 Å². The second-order valence-corrected chi connectivity index (χ2v) is 9.29. The van der Waals surface area contributed by atoms with E-state index >= 15 is 0 Å². The molecule has 4 aromatic rings. The fourth-order valence-corrected chi connectivity index (χ4v) is 3.89. The molecule has 0 aromatic heterocycles. The number of ether oxygens (including phenoxy) is 3. The highest BCUT2D eigenvalue weighted by Crippen LogP contribution is 2.28. The van der Waals surface area contributed by atoms with Gasteiger partial charge in [-0.15, -0.1) is 0 Å². The van der Waals surface area contributed by atoms with E-state index in [2.05, 4.69) is 32.9 Å². The summed E-state index contributed by atoms with van der Waals surface area (Å²) in [7, 11) is 0. The molecule has 0 aliphatic heterocycles. The summed E-state index contributed by atoms with van der Waals surface area (Å²) in [6.07, 6.45) is 1.16. The maximum atomic E-state index is 12.6. The molecule has 4 rings (SSSR count). The maximum absolute atomic E-state index is 12.6. The van der Waals surface area contributed by atoms with Gasteiger partial charge in [-0.05, 0) is 104 Å². The Morgan fingerprint density at radius 2 is 1.08 bits per heavy atom. The van der Waals surface area contributed by atoms with E-state index < -0.39 is 5.97 Å². The van der Waals surface area contributed by atoms with Crippen molar-refractivity contribution in [1.29, 1.82) is 0 Å². The molecule has 0 radical (unpaired) electrons. The van der Waals surface area contributed by atoms with Crippen LogP contribution < -0.4 is 14.2 Å². The molecule has 4 aromatic carbocycles. The van der Waals surface area contributed by atoms with Crippen LogP contribution in [-0.4, -0.2) is 17.9 Å². The lowest BCUT2D eigenvalue weighted by molar-refractivity contribution is 0.0734. The van der Waals surface area contributed by atoms with E-state index in [0.717, 1.165) is 17.7 Å². The van der Waals surface area contributed by atoms with E-state index in [1.54, 1.807) is 48.5 Å². The van der Waals surface area contributed by atoms with E-state index in [1.807, 2.05) is 36.4 Å². The first kappa shape index (κ1) is 26.7. The first-order chi connectivity index (χ1) is 18.3. The molecule has 38 heavy (non-hydrogen) atoms. The van der Waals surface area contributed by atoms with Crippen molar-refractivity contribution in [2.45, 2.75) is 46.1 Å². The van der Waals surface area contributed by atoms with Gasteiger partial charge in [0.25, 0.3) is 0 Å². The molecule has 0 N–H and O–H groups in total. The van der Waals surface area contributed by atoms with Crippen LogP contribution in [0, 0.1) is 0 Å². The van der Waals surface area contributed by atoms with Crippen LogP contribution in [0.5, 0.6) is 23.0 Å². The summed E-state index contributed by atoms with van der Waals surface area (Å²) in [4.78, 5) is 24.1. The Kier molecular flexibility index (Phi) is 8.59. The second-order valence-electron chi connectivity index (χ2n) is 9.29. The molecule has 0 saturated carbocycles. The SMILES string of the molecule is CCC(C)Oc1ccc(C(C)c2ccc(OC(=O)c3ccc(Oc4ccc(C(C)=O)cc4)cc3)cc2)cc1. The van der Waals surface area contributed by atoms with Crippen molar-refractivity contribution < 1.29 is 23.8 Å². The van der Waals surface area contributed by atoms with Gasteiger partial charge in [0.2, 0.25) is 0 Å². The lowest BCUT2D eigenvalue weighted by atomic mass is 9.93. The van der Waals surface area contributed by atoms with Gasteiger partial charge >= 0.3 is 5.97 Å². The predicted octanol–water partition coefficient (Wildman–Crippen LogP) is 8.23. The third kappa shape index (κ3) is 6.88. The zero-order chi connectivity index (χ0) is 27.1. The van der Waals surface area contributed by atoms with Gasteiger partial charge in [-0.25, -0.2) is 4.79 Å². The van der Waals surface area contributed by atoms with Gasteiger partial charge in [0.1, 0.15) is 23.0 Å². The van der Waals surface area contributed by atoms with E-state index in [0.29, 0.717) is 28.4 Å². The Morgan fingerprint density at radius 3 is 1.55 bits per heavy atom. The Morgan fingerprint density at radius 1 is 0.632 bits per heavy atom. The third-order valence-corrected chi connectivity index (χ3v) is 6.47. The predicted molar refractivity (Wildman–Crippen MR) is 149 cm³/mol. The monoisotopic (exact) mass is 508 g/mol. The van der Waals surface area contributed by atoms with Crippen LogP contribution in [0.4, 0.5) is 0 Å². The lowest BCUT2D eigenvalue weighted by Gasteiger charge is -2.16. The summed E-state index contributed by atoms with van der Waals surface area (Å²) in [6, 6.07) is 29.4. The Labute approximate surface area is 224 Å². The molecular weight excluding hydrogens is 476 g/mol. The Bertz CT molecular complexity index is 1360. The number of Topliss-reactive ketones (excluding diaryl/α,β-unsaturated/α-hetero) is 1. The number of esters is 1. The molecule has 0 saturated heterocycles. The maximum Gasteiger partial charge on any atom is 0.343 e. The van der Waals surface area contributed by atoms with Gasteiger partial charge in [-0.2, -0.15) is 0 Å². The van der Waals surface area contributed by atoms with Crippen LogP contribution in [-0.2, 0) is 0 Å². The fourth-order valence-electron chi connectivity index (χ4n) is 3.89. The Balaban J connectivity index is 1.33. The number of carbonyl (C=O) groups excluding carboxylic acids is 2. The van der Waals surface area contributed by atoms with E-state index in [9.17, 15) is 9.59 Å². The zero-order valence-electron chi connectivity index (χ0n) is 22.1. The van der Waals surface area contributed by atoms with Crippen LogP contribution in [0.2, 0.25) is 0 Å². The number of rotatable bonds is 10. The molecule has 0 amide bonds. The first-order valence-corrected chi connectivity index (χ1v) is 12.8. The number of hydrogen-bond donors (Lipinski definition) is 0. The van der Waals surface area contributed by atoms with Crippen LogP contribution >= 0.6 is 0 Å². The summed E-state index contributed by atoms with van der Waals surface area (Å²) >= 11 is 0. The summed E-state index contributed by atoms with van der Waals surface area (Å²) in [5.41, 5.74) is 3.35. The van der Waals surface area contributed by atoms with Crippen LogP contribution in [0.1, 0.15) is 71.9 Å². The van der Waals surface area contributed by atoms with Gasteiger partial charge in [0, 0.05) is 11.5 Å². The molecule has 5 heteroatoms. The van der Waals surface area contributed by atoms with Gasteiger partial charge in [0.05, 0.1) is 11.7 Å². The number of carbonyl (C=O) groups is 2. The number of hydrogen-bond acceptors (Lipinski definition) is 5. The highest BCUT2D eigenvalue weighted by atomic mass is 16.5. The van der Waals surface area contributed by atoms with Crippen LogP contribution in [0.3, 0.4) is 0 Å². The van der Waals surface area contributed by atoms with Crippen molar-refractivity contribution in [3.8, 4) is 23.0 Å². The zero-order valence-corrected chi connectivity index (χ0v) is 22.1. The molecule has 0 aliphatic rings. The molecule has 0 heterocycles. The standard InChI is InChI=1S/C33H32O5/c1-5-22(2)36-29-14-6-25(7-15-29)23(3)26-8-16-32(17-9-26)38-33(35)28-12-20-31(21-13-28)37-30-18-10-27(11-19-30)24(4)34/h6-23H,5H2,1-4H3. The van der Waals surface area contributed by atoms with Gasteiger partial charge in [-0.3, -0.25) is 4.79 Å². The smallest absolute Gasteiger partial charge is 0.343 e. The van der Waals surface area contributed by atoms with Crippen molar-refractivity contribution in [2.24, 2.45) is 0 Å². The highest BCUT2D eigenvalue weighted by Gasteiger charge is 2.12. The average Bonchev–Trinajstić information content (AvgIpc) is 2.94. The minimum absolute atomic E-state index is 0.00118. The molecule has 0 aliphatic carbocycles. The Hall–Kier alpha value is -4.38. The first-order valence-electron chi connectivity index (χ1n) is 12.8. The topological polar surface area (TPSA) is 61.8 Å². The van der Waals surface area contributed by atoms with E-state index in [1.165, 1.54) is 12.5 Å². The minimum Gasteiger partial charge on any atom is -0.491 e. The normalized spacial score (nSPS) is 12.3. The van der Waals surface area contributed by atoms with Crippen molar-refractivity contribution in [3.63, 3.8) is 0 Å². The fraction of sp³-hybridized carbons (Fsp3) is 0.212. The number of ketones is 1. The van der Waals surface area contributed by atoms with Crippen molar-refractivity contribution in [2.75, 3.05) is 0 Å². The van der Waals surface area contributed by atoms with Crippen molar-refractivity contribution >= 4 is 11.8 Å². The molecule has 2 unspecified atom stereocenters. The molecule has 0 spiro atoms. The van der Waals surface area contributed by atoms with E-state index in [-0.39, 0.29) is 17.8 Å². The quantitative estimate of drug-likeness (QED) is 0.123. The molecule has 0 fully saturated rings. The third-order valence-electron chi connectivity index (χ3n) is 6.47. The molecular formula is C33H32O5. The van der Waals surface area contributed by atoms with Gasteiger partial charge < -0.3 is 14.2 Å². The second kappa shape index (κ2) is 12.2. The minimum atomic E-state index is -0.444. The van der Waals surface area contributed by atoms with Crippen molar-refractivity contribution in [1.82, 2.24) is 0 Å². The summed E-state index contributed by atoms with van der Waals surface area (Å²) in [5.74, 6) is 2.28. The van der Waals surface area contributed by atoms with Crippen molar-refractivity contribution in [3.05, 3.63) is 119 Å². The van der Waals surface area contributed by atoms with Crippen LogP contribution in [0.25, 0.3) is 0 Å². The van der Waals surface area contributed by atoms with Crippen LogP contribution in [0.15, 0.2) is 97.1 Å². The molecule has 0 bridgehead atoms. The molecule has 5 nitrogen and oxygen atoms in total. The largest absolute Gasteiger partial charge is 0.491 e. The summed E-state index contributed by atoms with van der Waals surface area (Å²) in [5, 5.41) is 0. The highest BCUT2D eigenvalue weighted by molar-refractivity contribution is 5.94. The summed E-state index contributed by atoms with van der Waals surface area (Å²) < 4.78 is 17.2. The average molecular weight is 509 g/mol. The molecule has 194 valence electrons. The molecule has 2 atom stereocenters. The van der Waals surface area contributed by atoms with Gasteiger partial charge in [0.15, 0.2) is 5.78 Å². The van der Waals surface area contributed by atoms with E-state index in [4.69, 9.17) is 14.2 Å². The number of benzene rings is 4. The summed E-state index contributed by atoms with van der Waals surface area (Å²) in [6.45, 7) is 7.83. The lowest BCUT2D eigenvalue weighted by Crippen LogP contribution is -2.09.